The zero-order valence-corrected chi connectivity index (χ0v) is 9.13. The molecule has 2 heteroatoms. The maximum absolute atomic E-state index is 13.0. The van der Waals surface area contributed by atoms with Crippen molar-refractivity contribution in [3.05, 3.63) is 29.6 Å². The summed E-state index contributed by atoms with van der Waals surface area (Å²) in [7, 11) is 0. The Morgan fingerprint density at radius 3 is 2.73 bits per heavy atom. The van der Waals surface area contributed by atoms with Crippen molar-refractivity contribution in [2.45, 2.75) is 45.1 Å². The maximum Gasteiger partial charge on any atom is 0.123 e. The molecular weight excluding hydrogens is 191 g/mol. The van der Waals surface area contributed by atoms with Crippen molar-refractivity contribution >= 4 is 0 Å². The first kappa shape index (κ1) is 10.5. The molecule has 0 bridgehead atoms. The molecular formula is C13H17FO. The van der Waals surface area contributed by atoms with E-state index in [4.69, 9.17) is 4.74 Å². The van der Waals surface area contributed by atoms with E-state index in [1.54, 1.807) is 12.1 Å². The minimum atomic E-state index is -0.175. The predicted octanol–water partition coefficient (Wildman–Crippen LogP) is 3.71. The van der Waals surface area contributed by atoms with Crippen LogP contribution in [0.25, 0.3) is 0 Å². The molecule has 1 saturated carbocycles. The summed E-state index contributed by atoms with van der Waals surface area (Å²) in [6.45, 7) is 2.02. The number of rotatable bonds is 3. The first-order valence-electron chi connectivity index (χ1n) is 5.74. The molecule has 0 aromatic heterocycles. The number of ether oxygens (including phenoxy) is 1. The molecule has 1 aromatic rings. The molecule has 1 aliphatic rings. The van der Waals surface area contributed by atoms with Crippen LogP contribution < -0.4 is 4.74 Å². The second-order valence-corrected chi connectivity index (χ2v) is 4.13. The normalized spacial score (nSPS) is 16.9. The van der Waals surface area contributed by atoms with Crippen molar-refractivity contribution in [3.63, 3.8) is 0 Å². The molecule has 1 nitrogen and oxygen atoms in total. The van der Waals surface area contributed by atoms with E-state index >= 15 is 0 Å². The molecule has 0 spiro atoms. The Labute approximate surface area is 90.3 Å². The molecule has 15 heavy (non-hydrogen) atoms. The van der Waals surface area contributed by atoms with E-state index in [-0.39, 0.29) is 5.82 Å². The summed E-state index contributed by atoms with van der Waals surface area (Å²) >= 11 is 0. The van der Waals surface area contributed by atoms with E-state index in [0.717, 1.165) is 30.6 Å². The van der Waals surface area contributed by atoms with Crippen LogP contribution in [0.1, 0.15) is 38.2 Å². The lowest BCUT2D eigenvalue weighted by molar-refractivity contribution is 0.208. The highest BCUT2D eigenvalue weighted by molar-refractivity contribution is 5.34. The minimum Gasteiger partial charge on any atom is -0.490 e. The predicted molar refractivity (Wildman–Crippen MR) is 58.7 cm³/mol. The first-order valence-corrected chi connectivity index (χ1v) is 5.74. The van der Waals surface area contributed by atoms with E-state index in [9.17, 15) is 4.39 Å². The van der Waals surface area contributed by atoms with Gasteiger partial charge in [-0.3, -0.25) is 0 Å². The molecule has 0 amide bonds. The summed E-state index contributed by atoms with van der Waals surface area (Å²) in [5, 5.41) is 0. The van der Waals surface area contributed by atoms with Crippen molar-refractivity contribution in [2.75, 3.05) is 0 Å². The van der Waals surface area contributed by atoms with Gasteiger partial charge in [-0.25, -0.2) is 4.39 Å². The lowest BCUT2D eigenvalue weighted by atomic mass is 10.1. The fraction of sp³-hybridized carbons (Fsp3) is 0.538. The van der Waals surface area contributed by atoms with Crippen LogP contribution in [0.5, 0.6) is 5.75 Å². The molecule has 0 unspecified atom stereocenters. The standard InChI is InChI=1S/C13H17FO/c1-2-10-9-11(14)7-8-13(10)15-12-5-3-4-6-12/h7-9,12H,2-6H2,1H3. The zero-order valence-electron chi connectivity index (χ0n) is 9.13. The number of benzene rings is 1. The van der Waals surface area contributed by atoms with Crippen LogP contribution in [0.15, 0.2) is 18.2 Å². The number of hydrogen-bond acceptors (Lipinski definition) is 1. The third-order valence-corrected chi connectivity index (χ3v) is 3.00. The van der Waals surface area contributed by atoms with Crippen LogP contribution in [0.2, 0.25) is 0 Å². The third kappa shape index (κ3) is 2.49. The topological polar surface area (TPSA) is 9.23 Å². The molecule has 0 N–H and O–H groups in total. The van der Waals surface area contributed by atoms with Gasteiger partial charge in [0.2, 0.25) is 0 Å². The summed E-state index contributed by atoms with van der Waals surface area (Å²) in [4.78, 5) is 0. The maximum atomic E-state index is 13.0. The summed E-state index contributed by atoms with van der Waals surface area (Å²) in [5.74, 6) is 0.691. The van der Waals surface area contributed by atoms with Crippen molar-refractivity contribution in [1.29, 1.82) is 0 Å². The van der Waals surface area contributed by atoms with Gasteiger partial charge in [0, 0.05) is 0 Å². The highest BCUT2D eigenvalue weighted by Gasteiger charge is 2.17. The second kappa shape index (κ2) is 4.65. The minimum absolute atomic E-state index is 0.175. The Balaban J connectivity index is 2.12. The van der Waals surface area contributed by atoms with Crippen LogP contribution in [0.4, 0.5) is 4.39 Å². The van der Waals surface area contributed by atoms with Gasteiger partial charge < -0.3 is 4.74 Å². The Bertz CT molecular complexity index is 329. The molecule has 0 atom stereocenters. The van der Waals surface area contributed by atoms with E-state index in [2.05, 4.69) is 0 Å². The van der Waals surface area contributed by atoms with Crippen molar-refractivity contribution in [2.24, 2.45) is 0 Å². The summed E-state index contributed by atoms with van der Waals surface area (Å²) in [6.07, 6.45) is 5.96. The quantitative estimate of drug-likeness (QED) is 0.735. The van der Waals surface area contributed by atoms with Gasteiger partial charge in [0.15, 0.2) is 0 Å². The number of halogens is 1. The van der Waals surface area contributed by atoms with Crippen LogP contribution in [-0.2, 0) is 6.42 Å². The number of hydrogen-bond donors (Lipinski definition) is 0. The summed E-state index contributed by atoms with van der Waals surface area (Å²) in [6, 6.07) is 4.81. The van der Waals surface area contributed by atoms with Gasteiger partial charge in [-0.1, -0.05) is 6.92 Å². The van der Waals surface area contributed by atoms with Gasteiger partial charge in [0.1, 0.15) is 11.6 Å². The summed E-state index contributed by atoms with van der Waals surface area (Å²) < 4.78 is 18.9. The van der Waals surface area contributed by atoms with Crippen LogP contribution >= 0.6 is 0 Å². The molecule has 1 aliphatic carbocycles. The van der Waals surface area contributed by atoms with Crippen LogP contribution in [-0.4, -0.2) is 6.10 Å². The molecule has 0 aliphatic heterocycles. The Morgan fingerprint density at radius 2 is 2.07 bits per heavy atom. The van der Waals surface area contributed by atoms with Gasteiger partial charge in [-0.15, -0.1) is 0 Å². The van der Waals surface area contributed by atoms with E-state index in [1.165, 1.54) is 18.9 Å². The second-order valence-electron chi connectivity index (χ2n) is 4.13. The SMILES string of the molecule is CCc1cc(F)ccc1OC1CCCC1. The van der Waals surface area contributed by atoms with Gasteiger partial charge in [-0.2, -0.15) is 0 Å². The Kier molecular flexibility index (Phi) is 3.24. The lowest BCUT2D eigenvalue weighted by Crippen LogP contribution is -2.12. The average Bonchev–Trinajstić information content (AvgIpc) is 2.73. The first-order chi connectivity index (χ1) is 7.29. The van der Waals surface area contributed by atoms with E-state index < -0.39 is 0 Å². The highest BCUT2D eigenvalue weighted by Crippen LogP contribution is 2.27. The zero-order chi connectivity index (χ0) is 10.7. The van der Waals surface area contributed by atoms with Crippen LogP contribution in [0.3, 0.4) is 0 Å². The van der Waals surface area contributed by atoms with E-state index in [1.807, 2.05) is 6.92 Å². The molecule has 1 aromatic carbocycles. The molecule has 0 radical (unpaired) electrons. The fourth-order valence-corrected chi connectivity index (χ4v) is 2.13. The lowest BCUT2D eigenvalue weighted by Gasteiger charge is -2.15. The summed E-state index contributed by atoms with van der Waals surface area (Å²) in [5.41, 5.74) is 0.974. The Morgan fingerprint density at radius 1 is 1.33 bits per heavy atom. The van der Waals surface area contributed by atoms with Gasteiger partial charge in [0.25, 0.3) is 0 Å². The van der Waals surface area contributed by atoms with Crippen molar-refractivity contribution < 1.29 is 9.13 Å². The largest absolute Gasteiger partial charge is 0.490 e. The smallest absolute Gasteiger partial charge is 0.123 e. The molecule has 0 saturated heterocycles. The van der Waals surface area contributed by atoms with E-state index in [0.29, 0.717) is 6.10 Å². The molecule has 1 fully saturated rings. The van der Waals surface area contributed by atoms with Gasteiger partial charge in [0.05, 0.1) is 6.10 Å². The van der Waals surface area contributed by atoms with Gasteiger partial charge >= 0.3 is 0 Å². The van der Waals surface area contributed by atoms with Gasteiger partial charge in [-0.05, 0) is 55.9 Å². The Hall–Kier alpha value is -1.05. The monoisotopic (exact) mass is 208 g/mol. The van der Waals surface area contributed by atoms with Crippen molar-refractivity contribution in [1.82, 2.24) is 0 Å². The molecule has 0 heterocycles. The fourth-order valence-electron chi connectivity index (χ4n) is 2.13. The van der Waals surface area contributed by atoms with Crippen LogP contribution in [0, 0.1) is 5.82 Å². The molecule has 82 valence electrons. The third-order valence-electron chi connectivity index (χ3n) is 3.00. The van der Waals surface area contributed by atoms with Crippen molar-refractivity contribution in [3.8, 4) is 5.75 Å². The molecule has 2 rings (SSSR count). The average molecular weight is 208 g/mol. The number of aryl methyl sites for hydroxylation is 1. The highest BCUT2D eigenvalue weighted by atomic mass is 19.1.